The van der Waals surface area contributed by atoms with Gasteiger partial charge >= 0.3 is 0 Å². The molecule has 4 heterocycles. The summed E-state index contributed by atoms with van der Waals surface area (Å²) in [5.41, 5.74) is 2.25. The fourth-order valence-electron chi connectivity index (χ4n) is 5.33. The van der Waals surface area contributed by atoms with Gasteiger partial charge in [0, 0.05) is 40.3 Å². The Labute approximate surface area is 181 Å². The van der Waals surface area contributed by atoms with Crippen LogP contribution in [0.1, 0.15) is 39.7 Å². The normalized spacial score (nSPS) is 24.4. The Kier molecular flexibility index (Phi) is 4.45. The molecule has 1 aromatic carbocycles. The number of rotatable bonds is 2. The van der Waals surface area contributed by atoms with Gasteiger partial charge < -0.3 is 15.3 Å². The largest absolute Gasteiger partial charge is 0.507 e. The molecule has 0 bridgehead atoms. The molecule has 3 aromatic rings. The summed E-state index contributed by atoms with van der Waals surface area (Å²) in [5, 5.41) is 23.8. The number of hydrogen-bond donors (Lipinski definition) is 2. The number of aromatic nitrogens is 3. The van der Waals surface area contributed by atoms with E-state index in [-0.39, 0.29) is 17.3 Å². The highest BCUT2D eigenvalue weighted by molar-refractivity contribution is 5.87. The molecule has 1 fully saturated rings. The predicted molar refractivity (Wildman–Crippen MR) is 120 cm³/mol. The van der Waals surface area contributed by atoms with Crippen molar-refractivity contribution < 1.29 is 9.50 Å². The maximum Gasteiger partial charge on any atom is 0.154 e. The number of benzene rings is 1. The standard InChI is InChI=1S/C24H28FN5O/c1-23(2)13-19(21(25)24(3,4)29-23)30-9-7-15-10-18(27-28-22(15)30)16-12-17-14(11-20(16)31)6-5-8-26-17/h5-6,8,10-12,19,21,29,31H,7,9,13H2,1-4H3/t19-,21-/m0/s1. The molecule has 7 heteroatoms. The predicted octanol–water partition coefficient (Wildman–Crippen LogP) is 4.02. The van der Waals surface area contributed by atoms with Gasteiger partial charge in [0.25, 0.3) is 0 Å². The maximum atomic E-state index is 15.5. The number of anilines is 1. The minimum Gasteiger partial charge on any atom is -0.507 e. The lowest BCUT2D eigenvalue weighted by atomic mass is 9.77. The molecule has 5 rings (SSSR count). The first-order valence-corrected chi connectivity index (χ1v) is 10.8. The van der Waals surface area contributed by atoms with Crippen LogP contribution in [0.2, 0.25) is 0 Å². The van der Waals surface area contributed by atoms with Gasteiger partial charge in [-0.1, -0.05) is 6.07 Å². The van der Waals surface area contributed by atoms with Gasteiger partial charge in [-0.15, -0.1) is 10.2 Å². The van der Waals surface area contributed by atoms with Crippen molar-refractivity contribution in [2.24, 2.45) is 0 Å². The molecule has 2 aliphatic heterocycles. The molecule has 6 nitrogen and oxygen atoms in total. The van der Waals surface area contributed by atoms with E-state index >= 15 is 4.39 Å². The third kappa shape index (κ3) is 3.41. The zero-order chi connectivity index (χ0) is 22.0. The van der Waals surface area contributed by atoms with Crippen molar-refractivity contribution >= 4 is 16.7 Å². The number of alkyl halides is 1. The van der Waals surface area contributed by atoms with Crippen LogP contribution in [0.5, 0.6) is 5.75 Å². The minimum atomic E-state index is -1.02. The van der Waals surface area contributed by atoms with E-state index in [2.05, 4.69) is 39.2 Å². The van der Waals surface area contributed by atoms with Gasteiger partial charge in [0.05, 0.1) is 17.3 Å². The van der Waals surface area contributed by atoms with Gasteiger partial charge in [-0.05, 0) is 64.8 Å². The maximum absolute atomic E-state index is 15.5. The van der Waals surface area contributed by atoms with Gasteiger partial charge in [0.1, 0.15) is 11.9 Å². The molecule has 0 spiro atoms. The van der Waals surface area contributed by atoms with E-state index in [4.69, 9.17) is 0 Å². The summed E-state index contributed by atoms with van der Waals surface area (Å²) < 4.78 is 15.5. The average molecular weight is 422 g/mol. The van der Waals surface area contributed by atoms with Crippen molar-refractivity contribution in [3.63, 3.8) is 0 Å². The zero-order valence-corrected chi connectivity index (χ0v) is 18.4. The first kappa shape index (κ1) is 20.1. The van der Waals surface area contributed by atoms with Gasteiger partial charge in [-0.3, -0.25) is 4.98 Å². The molecule has 162 valence electrons. The SMILES string of the molecule is CC1(C)C[C@H](N2CCc3cc(-c4cc5ncccc5cc4O)nnc32)[C@H](F)C(C)(C)N1. The monoisotopic (exact) mass is 421 g/mol. The Morgan fingerprint density at radius 1 is 1.16 bits per heavy atom. The van der Waals surface area contributed by atoms with Gasteiger partial charge in [0.15, 0.2) is 5.82 Å². The van der Waals surface area contributed by atoms with E-state index in [1.54, 1.807) is 12.3 Å². The van der Waals surface area contributed by atoms with Crippen molar-refractivity contribution in [3.05, 3.63) is 42.1 Å². The topological polar surface area (TPSA) is 74.2 Å². The van der Waals surface area contributed by atoms with Gasteiger partial charge in [-0.2, -0.15) is 0 Å². The molecule has 1 saturated heterocycles. The molecular weight excluding hydrogens is 393 g/mol. The molecule has 2 aliphatic rings. The lowest BCUT2D eigenvalue weighted by Crippen LogP contribution is -2.69. The summed E-state index contributed by atoms with van der Waals surface area (Å²) >= 11 is 0. The first-order chi connectivity index (χ1) is 14.6. The number of nitrogens with zero attached hydrogens (tertiary/aromatic N) is 4. The lowest BCUT2D eigenvalue weighted by molar-refractivity contribution is 0.0555. The number of hydrogen-bond acceptors (Lipinski definition) is 6. The quantitative estimate of drug-likeness (QED) is 0.651. The molecule has 2 N–H and O–H groups in total. The van der Waals surface area contributed by atoms with Crippen molar-refractivity contribution in [2.45, 2.75) is 63.8 Å². The average Bonchev–Trinajstić information content (AvgIpc) is 3.12. The minimum absolute atomic E-state index is 0.148. The molecule has 31 heavy (non-hydrogen) atoms. The van der Waals surface area contributed by atoms with Crippen molar-refractivity contribution in [2.75, 3.05) is 11.4 Å². The van der Waals surface area contributed by atoms with Crippen LogP contribution in [0.25, 0.3) is 22.2 Å². The smallest absolute Gasteiger partial charge is 0.154 e. The molecule has 0 amide bonds. The van der Waals surface area contributed by atoms with Crippen LogP contribution in [0, 0.1) is 0 Å². The van der Waals surface area contributed by atoms with E-state index in [1.165, 1.54) is 0 Å². The summed E-state index contributed by atoms with van der Waals surface area (Å²) in [6.07, 6.45) is 2.17. The second-order valence-corrected chi connectivity index (χ2v) is 9.99. The van der Waals surface area contributed by atoms with Crippen LogP contribution >= 0.6 is 0 Å². The molecule has 0 aliphatic carbocycles. The highest BCUT2D eigenvalue weighted by atomic mass is 19.1. The van der Waals surface area contributed by atoms with E-state index < -0.39 is 11.7 Å². The molecule has 2 atom stereocenters. The fourth-order valence-corrected chi connectivity index (χ4v) is 5.33. The summed E-state index contributed by atoms with van der Waals surface area (Å²) in [5.74, 6) is 0.901. The lowest BCUT2D eigenvalue weighted by Gasteiger charge is -2.51. The molecule has 0 unspecified atom stereocenters. The van der Waals surface area contributed by atoms with Crippen LogP contribution in [0.15, 0.2) is 36.5 Å². The number of pyridine rings is 1. The number of fused-ring (bicyclic) bond motifs is 2. The van der Waals surface area contributed by atoms with Crippen molar-refractivity contribution in [3.8, 4) is 17.0 Å². The van der Waals surface area contributed by atoms with Gasteiger partial charge in [0.2, 0.25) is 0 Å². The Hall–Kier alpha value is -2.80. The van der Waals surface area contributed by atoms with Crippen LogP contribution in [0.4, 0.5) is 10.2 Å². The fraction of sp³-hybridized carbons (Fsp3) is 0.458. The molecular formula is C24H28FN5O. The number of nitrogens with one attached hydrogen (secondary N) is 1. The van der Waals surface area contributed by atoms with Gasteiger partial charge in [-0.25, -0.2) is 4.39 Å². The number of phenolic OH excluding ortho intramolecular Hbond substituents is 1. The van der Waals surface area contributed by atoms with E-state index in [0.29, 0.717) is 17.7 Å². The van der Waals surface area contributed by atoms with E-state index in [9.17, 15) is 5.11 Å². The van der Waals surface area contributed by atoms with Crippen molar-refractivity contribution in [1.29, 1.82) is 0 Å². The third-order valence-corrected chi connectivity index (χ3v) is 6.55. The Morgan fingerprint density at radius 3 is 2.77 bits per heavy atom. The number of piperidine rings is 1. The Morgan fingerprint density at radius 2 is 1.97 bits per heavy atom. The molecule has 0 radical (unpaired) electrons. The van der Waals surface area contributed by atoms with Crippen LogP contribution < -0.4 is 10.2 Å². The van der Waals surface area contributed by atoms with E-state index in [1.807, 2.05) is 38.1 Å². The van der Waals surface area contributed by atoms with Crippen LogP contribution in [-0.4, -0.2) is 50.1 Å². The Bertz CT molecular complexity index is 1160. The zero-order valence-electron chi connectivity index (χ0n) is 18.4. The van der Waals surface area contributed by atoms with Crippen LogP contribution in [0.3, 0.4) is 0 Å². The molecule has 2 aromatic heterocycles. The highest BCUT2D eigenvalue weighted by Crippen LogP contribution is 2.40. The summed E-state index contributed by atoms with van der Waals surface area (Å²) in [4.78, 5) is 6.46. The summed E-state index contributed by atoms with van der Waals surface area (Å²) in [7, 11) is 0. The molecule has 0 saturated carbocycles. The highest BCUT2D eigenvalue weighted by Gasteiger charge is 2.49. The summed E-state index contributed by atoms with van der Waals surface area (Å²) in [6, 6.07) is 9.00. The van der Waals surface area contributed by atoms with Crippen molar-refractivity contribution in [1.82, 2.24) is 20.5 Å². The van der Waals surface area contributed by atoms with Crippen LogP contribution in [-0.2, 0) is 6.42 Å². The number of halogens is 1. The number of aromatic hydroxyl groups is 1. The van der Waals surface area contributed by atoms with E-state index in [0.717, 1.165) is 35.2 Å². The number of phenols is 1. The Balaban J connectivity index is 1.50. The third-order valence-electron chi connectivity index (χ3n) is 6.55. The summed E-state index contributed by atoms with van der Waals surface area (Å²) in [6.45, 7) is 8.81. The first-order valence-electron chi connectivity index (χ1n) is 10.8. The second-order valence-electron chi connectivity index (χ2n) is 9.99. The second kappa shape index (κ2) is 6.85.